The lowest BCUT2D eigenvalue weighted by Crippen LogP contribution is -2.45. The highest BCUT2D eigenvalue weighted by Gasteiger charge is 2.23. The minimum atomic E-state index is -4.59. The lowest BCUT2D eigenvalue weighted by Gasteiger charge is -2.29. The van der Waals surface area contributed by atoms with Gasteiger partial charge in [0, 0.05) is 6.42 Å². The molecule has 3 atom stereocenters. The summed E-state index contributed by atoms with van der Waals surface area (Å²) in [7, 11) is 1.23. The number of likely N-dealkylation sites (N-methyl/N-ethyl adjacent to an activating group) is 1. The lowest BCUT2D eigenvalue weighted by molar-refractivity contribution is -0.870. The van der Waals surface area contributed by atoms with Gasteiger partial charge in [-0.3, -0.25) is 9.36 Å². The maximum Gasteiger partial charge on any atom is 0.268 e. The molecule has 2 N–H and O–H groups in total. The van der Waals surface area contributed by atoms with Crippen molar-refractivity contribution in [2.45, 2.75) is 161 Å². The number of allylic oxidation sites excluding steroid dienone is 5. The third-order valence-electron chi connectivity index (χ3n) is 8.07. The van der Waals surface area contributed by atoms with Crippen molar-refractivity contribution in [3.8, 4) is 0 Å². The van der Waals surface area contributed by atoms with Gasteiger partial charge in [-0.25, -0.2) is 0 Å². The molecule has 47 heavy (non-hydrogen) atoms. The van der Waals surface area contributed by atoms with Crippen molar-refractivity contribution in [3.63, 3.8) is 0 Å². The second-order valence-electron chi connectivity index (χ2n) is 13.9. The Morgan fingerprint density at radius 2 is 1.19 bits per heavy atom. The van der Waals surface area contributed by atoms with Crippen LogP contribution in [-0.4, -0.2) is 68.5 Å². The van der Waals surface area contributed by atoms with E-state index in [0.717, 1.165) is 57.8 Å². The number of unbranched alkanes of at least 4 members (excludes halogenated alkanes) is 16. The van der Waals surface area contributed by atoms with Crippen LogP contribution < -0.4 is 10.2 Å². The molecule has 9 heteroatoms. The minimum Gasteiger partial charge on any atom is -0.756 e. The predicted octanol–water partition coefficient (Wildman–Crippen LogP) is 8.94. The molecule has 0 fully saturated rings. The number of aliphatic hydroxyl groups is 1. The number of quaternary nitrogens is 1. The average Bonchev–Trinajstić information content (AvgIpc) is 3.01. The molecule has 0 rings (SSSR count). The van der Waals surface area contributed by atoms with E-state index in [9.17, 15) is 19.4 Å². The fourth-order valence-corrected chi connectivity index (χ4v) is 5.71. The molecular formula is C38H73N2O6P. The molecule has 0 saturated carbocycles. The molecule has 0 aromatic rings. The Bertz CT molecular complexity index is 871. The van der Waals surface area contributed by atoms with Crippen LogP contribution in [0.2, 0.25) is 0 Å². The number of phosphoric ester groups is 1. The monoisotopic (exact) mass is 685 g/mol. The quantitative estimate of drug-likeness (QED) is 0.0309. The fourth-order valence-electron chi connectivity index (χ4n) is 4.98. The van der Waals surface area contributed by atoms with Crippen molar-refractivity contribution in [2.75, 3.05) is 40.9 Å². The number of nitrogens with zero attached hydrogens (tertiary/aromatic N) is 1. The van der Waals surface area contributed by atoms with Crippen LogP contribution in [0.3, 0.4) is 0 Å². The van der Waals surface area contributed by atoms with Gasteiger partial charge in [0.1, 0.15) is 13.2 Å². The first-order valence-corrected chi connectivity index (χ1v) is 20.3. The van der Waals surface area contributed by atoms with Crippen LogP contribution in [-0.2, 0) is 18.4 Å². The molecule has 0 aliphatic heterocycles. The molecule has 1 unspecified atom stereocenters. The summed E-state index contributed by atoms with van der Waals surface area (Å²) < 4.78 is 23.0. The maximum atomic E-state index is 12.7. The second-order valence-corrected chi connectivity index (χ2v) is 15.3. The van der Waals surface area contributed by atoms with Gasteiger partial charge in [-0.05, 0) is 57.8 Å². The first-order chi connectivity index (χ1) is 22.5. The average molecular weight is 685 g/mol. The Morgan fingerprint density at radius 1 is 0.723 bits per heavy atom. The van der Waals surface area contributed by atoms with Crippen molar-refractivity contribution in [3.05, 3.63) is 36.5 Å². The molecule has 276 valence electrons. The highest BCUT2D eigenvalue weighted by molar-refractivity contribution is 7.45. The van der Waals surface area contributed by atoms with Crippen LogP contribution >= 0.6 is 7.82 Å². The van der Waals surface area contributed by atoms with Crippen LogP contribution in [0.5, 0.6) is 0 Å². The number of rotatable bonds is 33. The summed E-state index contributed by atoms with van der Waals surface area (Å²) in [6.07, 6.45) is 34.7. The van der Waals surface area contributed by atoms with Crippen LogP contribution in [0.25, 0.3) is 0 Å². The molecule has 0 heterocycles. The first-order valence-electron chi connectivity index (χ1n) is 18.9. The molecule has 1 amide bonds. The Morgan fingerprint density at radius 3 is 1.74 bits per heavy atom. The van der Waals surface area contributed by atoms with Gasteiger partial charge in [0.25, 0.3) is 7.82 Å². The third-order valence-corrected chi connectivity index (χ3v) is 9.04. The summed E-state index contributed by atoms with van der Waals surface area (Å²) in [5, 5.41) is 13.6. The van der Waals surface area contributed by atoms with Crippen LogP contribution in [0.4, 0.5) is 0 Å². The zero-order chi connectivity index (χ0) is 35.1. The van der Waals surface area contributed by atoms with Gasteiger partial charge in [0.15, 0.2) is 0 Å². The van der Waals surface area contributed by atoms with E-state index >= 15 is 0 Å². The summed E-state index contributed by atoms with van der Waals surface area (Å²) in [5.74, 6) is -0.221. The van der Waals surface area contributed by atoms with E-state index in [-0.39, 0.29) is 12.5 Å². The number of amides is 1. The Labute approximate surface area is 289 Å². The molecule has 0 aliphatic carbocycles. The maximum absolute atomic E-state index is 12.7. The Balaban J connectivity index is 4.62. The van der Waals surface area contributed by atoms with Crippen molar-refractivity contribution < 1.29 is 32.9 Å². The number of nitrogens with one attached hydrogen (secondary N) is 1. The highest BCUT2D eigenvalue weighted by atomic mass is 31.2. The molecule has 0 aliphatic rings. The number of aliphatic hydroxyl groups excluding tert-OH is 1. The third kappa shape index (κ3) is 33.0. The van der Waals surface area contributed by atoms with Gasteiger partial charge < -0.3 is 28.8 Å². The summed E-state index contributed by atoms with van der Waals surface area (Å²) in [6.45, 7) is 4.55. The van der Waals surface area contributed by atoms with E-state index in [1.807, 2.05) is 27.2 Å². The topological polar surface area (TPSA) is 108 Å². The Kier molecular flexibility index (Phi) is 29.9. The summed E-state index contributed by atoms with van der Waals surface area (Å²) >= 11 is 0. The lowest BCUT2D eigenvalue weighted by atomic mass is 10.1. The molecule has 0 bridgehead atoms. The molecule has 0 saturated heterocycles. The summed E-state index contributed by atoms with van der Waals surface area (Å²) in [6, 6.07) is -0.903. The summed E-state index contributed by atoms with van der Waals surface area (Å²) in [5.41, 5.74) is 0. The Hall–Kier alpha value is -1.28. The smallest absolute Gasteiger partial charge is 0.268 e. The SMILES string of the molecule is CCCCCC/C=C/CCCCCCCC(=O)N[C@@H](COP(=O)([O-])OCC[N+](C)(C)C)[C@H](O)/C=C/CC/C=C/CCCCCCCC. The largest absolute Gasteiger partial charge is 0.756 e. The molecule has 0 spiro atoms. The number of phosphoric acid groups is 1. The van der Waals surface area contributed by atoms with Crippen molar-refractivity contribution in [1.82, 2.24) is 5.32 Å². The normalized spacial score (nSPS) is 15.1. The summed E-state index contributed by atoms with van der Waals surface area (Å²) in [4.78, 5) is 25.1. The zero-order valence-corrected chi connectivity index (χ0v) is 31.9. The van der Waals surface area contributed by atoms with Gasteiger partial charge in [-0.15, -0.1) is 0 Å². The molecule has 8 nitrogen and oxygen atoms in total. The number of hydrogen-bond donors (Lipinski definition) is 2. The van der Waals surface area contributed by atoms with Crippen molar-refractivity contribution in [1.29, 1.82) is 0 Å². The van der Waals surface area contributed by atoms with E-state index < -0.39 is 26.6 Å². The molecular weight excluding hydrogens is 611 g/mol. The van der Waals surface area contributed by atoms with Crippen LogP contribution in [0, 0.1) is 0 Å². The molecule has 0 aromatic carbocycles. The predicted molar refractivity (Wildman–Crippen MR) is 196 cm³/mol. The van der Waals surface area contributed by atoms with Gasteiger partial charge in [-0.1, -0.05) is 121 Å². The van der Waals surface area contributed by atoms with E-state index in [2.05, 4.69) is 43.5 Å². The second kappa shape index (κ2) is 30.8. The fraction of sp³-hybridized carbons (Fsp3) is 0.816. The van der Waals surface area contributed by atoms with Crippen molar-refractivity contribution >= 4 is 13.7 Å². The van der Waals surface area contributed by atoms with E-state index in [4.69, 9.17) is 9.05 Å². The molecule has 0 aromatic heterocycles. The van der Waals surface area contributed by atoms with Crippen LogP contribution in [0.1, 0.15) is 149 Å². The van der Waals surface area contributed by atoms with E-state index in [1.54, 1.807) is 6.08 Å². The zero-order valence-electron chi connectivity index (χ0n) is 31.0. The minimum absolute atomic E-state index is 0.00846. The van der Waals surface area contributed by atoms with E-state index in [1.165, 1.54) is 70.6 Å². The van der Waals surface area contributed by atoms with Gasteiger partial charge in [0.05, 0.1) is 39.9 Å². The van der Waals surface area contributed by atoms with Gasteiger partial charge in [-0.2, -0.15) is 0 Å². The van der Waals surface area contributed by atoms with Crippen LogP contribution in [0.15, 0.2) is 36.5 Å². The number of hydrogen-bond acceptors (Lipinski definition) is 6. The van der Waals surface area contributed by atoms with E-state index in [0.29, 0.717) is 17.4 Å². The highest BCUT2D eigenvalue weighted by Crippen LogP contribution is 2.38. The number of carbonyl (C=O) groups excluding carboxylic acids is 1. The first kappa shape index (κ1) is 45.7. The standard InChI is InChI=1S/C38H73N2O6P/c1-6-8-10-12-14-16-18-20-22-24-26-28-30-32-38(42)39-36(35-46-47(43,44)45-34-33-40(3,4)5)37(41)31-29-27-25-23-21-19-17-15-13-11-9-7-2/h16,18,21,23,29,31,36-37,41H,6-15,17,19-20,22,24-28,30,32-35H2,1-5H3,(H-,39,42,43,44)/b18-16+,23-21+,31-29+/t36-,37+/m0/s1. The number of carbonyl (C=O) groups is 1. The van der Waals surface area contributed by atoms with Crippen molar-refractivity contribution in [2.24, 2.45) is 0 Å². The van der Waals surface area contributed by atoms with Gasteiger partial charge >= 0.3 is 0 Å². The van der Waals surface area contributed by atoms with Gasteiger partial charge in [0.2, 0.25) is 5.91 Å². The molecule has 0 radical (unpaired) electrons.